The van der Waals surface area contributed by atoms with Gasteiger partial charge in [0.05, 0.1) is 6.61 Å². The summed E-state index contributed by atoms with van der Waals surface area (Å²) >= 11 is 0. The number of benzene rings is 1. The van der Waals surface area contributed by atoms with Gasteiger partial charge in [-0.15, -0.1) is 0 Å². The van der Waals surface area contributed by atoms with Gasteiger partial charge in [-0.05, 0) is 70.3 Å². The van der Waals surface area contributed by atoms with Crippen LogP contribution in [0.1, 0.15) is 51.1 Å². The fraction of sp³-hybridized carbons (Fsp3) is 0.667. The summed E-state index contributed by atoms with van der Waals surface area (Å²) in [6.07, 6.45) is 5.37. The number of nitrogens with one attached hydrogen (secondary N) is 1. The molecule has 2 aliphatic heterocycles. The van der Waals surface area contributed by atoms with Crippen molar-refractivity contribution in [3.05, 3.63) is 29.8 Å². The fourth-order valence-corrected chi connectivity index (χ4v) is 3.97. The number of hydrogen-bond donors (Lipinski definition) is 1. The van der Waals surface area contributed by atoms with E-state index in [4.69, 9.17) is 4.74 Å². The highest BCUT2D eigenvalue weighted by atomic mass is 16.5. The number of rotatable bonds is 5. The predicted octanol–water partition coefficient (Wildman–Crippen LogP) is 3.36. The van der Waals surface area contributed by atoms with Gasteiger partial charge in [-0.2, -0.15) is 0 Å². The van der Waals surface area contributed by atoms with Crippen molar-refractivity contribution < 1.29 is 4.74 Å². The minimum atomic E-state index is 0.496. The van der Waals surface area contributed by atoms with Gasteiger partial charge in [0.2, 0.25) is 0 Å². The van der Waals surface area contributed by atoms with Crippen molar-refractivity contribution in [2.45, 2.75) is 57.7 Å². The molecule has 2 aliphatic rings. The Morgan fingerprint density at radius 1 is 1.24 bits per heavy atom. The summed E-state index contributed by atoms with van der Waals surface area (Å²) in [4.78, 5) is 2.71. The number of likely N-dealkylation sites (tertiary alicyclic amines) is 1. The van der Waals surface area contributed by atoms with E-state index >= 15 is 0 Å². The maximum absolute atomic E-state index is 5.54. The Morgan fingerprint density at radius 3 is 2.71 bits per heavy atom. The zero-order valence-electron chi connectivity index (χ0n) is 13.3. The van der Waals surface area contributed by atoms with E-state index < -0.39 is 0 Å². The van der Waals surface area contributed by atoms with Crippen molar-refractivity contribution in [1.82, 2.24) is 10.2 Å². The highest BCUT2D eigenvalue weighted by Crippen LogP contribution is 2.33. The Bertz CT molecular complexity index is 439. The second-order valence-corrected chi connectivity index (χ2v) is 6.33. The average molecular weight is 288 g/mol. The average Bonchev–Trinajstić information content (AvgIpc) is 3.18. The van der Waals surface area contributed by atoms with E-state index in [1.807, 2.05) is 6.92 Å². The first-order valence-electron chi connectivity index (χ1n) is 8.51. The molecule has 116 valence electrons. The van der Waals surface area contributed by atoms with E-state index in [1.165, 1.54) is 44.3 Å². The molecular formula is C18H28N2O. The zero-order chi connectivity index (χ0) is 14.7. The topological polar surface area (TPSA) is 24.5 Å². The lowest BCUT2D eigenvalue weighted by atomic mass is 10.0. The SMILES string of the molecule is CCOc1ccc(C(C)N2CCCC2C2CCCN2)cc1. The minimum Gasteiger partial charge on any atom is -0.494 e. The van der Waals surface area contributed by atoms with Gasteiger partial charge in [0.25, 0.3) is 0 Å². The van der Waals surface area contributed by atoms with Crippen LogP contribution in [0, 0.1) is 0 Å². The zero-order valence-corrected chi connectivity index (χ0v) is 13.3. The van der Waals surface area contributed by atoms with Gasteiger partial charge in [0.1, 0.15) is 5.75 Å². The molecule has 0 bridgehead atoms. The van der Waals surface area contributed by atoms with Gasteiger partial charge in [-0.25, -0.2) is 0 Å². The van der Waals surface area contributed by atoms with Crippen LogP contribution in [0.15, 0.2) is 24.3 Å². The molecule has 3 unspecified atom stereocenters. The monoisotopic (exact) mass is 288 g/mol. The van der Waals surface area contributed by atoms with E-state index in [2.05, 4.69) is 41.4 Å². The van der Waals surface area contributed by atoms with Crippen LogP contribution in [-0.2, 0) is 0 Å². The number of hydrogen-bond acceptors (Lipinski definition) is 3. The Kier molecular flexibility index (Phi) is 4.81. The van der Waals surface area contributed by atoms with Crippen LogP contribution in [0.2, 0.25) is 0 Å². The Hall–Kier alpha value is -1.06. The van der Waals surface area contributed by atoms with Crippen molar-refractivity contribution >= 4 is 0 Å². The second kappa shape index (κ2) is 6.80. The highest BCUT2D eigenvalue weighted by Gasteiger charge is 2.35. The Labute approximate surface area is 128 Å². The molecule has 1 aromatic rings. The molecule has 0 aromatic heterocycles. The van der Waals surface area contributed by atoms with Crippen molar-refractivity contribution in [1.29, 1.82) is 0 Å². The van der Waals surface area contributed by atoms with E-state index in [9.17, 15) is 0 Å². The molecule has 3 rings (SSSR count). The van der Waals surface area contributed by atoms with Crippen LogP contribution < -0.4 is 10.1 Å². The van der Waals surface area contributed by atoms with Crippen molar-refractivity contribution in [3.63, 3.8) is 0 Å². The molecule has 3 atom stereocenters. The molecule has 2 heterocycles. The molecule has 0 saturated carbocycles. The Balaban J connectivity index is 1.69. The molecule has 0 amide bonds. The lowest BCUT2D eigenvalue weighted by molar-refractivity contribution is 0.163. The standard InChI is InChI=1S/C18H28N2O/c1-3-21-16-10-8-15(9-11-16)14(2)20-13-5-7-18(20)17-6-4-12-19-17/h8-11,14,17-19H,3-7,12-13H2,1-2H3. The molecule has 2 fully saturated rings. The smallest absolute Gasteiger partial charge is 0.119 e. The van der Waals surface area contributed by atoms with Crippen molar-refractivity contribution in [2.24, 2.45) is 0 Å². The third kappa shape index (κ3) is 3.24. The number of ether oxygens (including phenoxy) is 1. The van der Waals surface area contributed by atoms with Gasteiger partial charge >= 0.3 is 0 Å². The molecular weight excluding hydrogens is 260 g/mol. The molecule has 1 aromatic carbocycles. The molecule has 3 nitrogen and oxygen atoms in total. The van der Waals surface area contributed by atoms with Gasteiger partial charge in [0, 0.05) is 18.1 Å². The molecule has 3 heteroatoms. The first-order chi connectivity index (χ1) is 10.3. The van der Waals surface area contributed by atoms with Crippen LogP contribution in [0.4, 0.5) is 0 Å². The van der Waals surface area contributed by atoms with Crippen molar-refractivity contribution in [3.8, 4) is 5.75 Å². The van der Waals surface area contributed by atoms with Gasteiger partial charge in [-0.1, -0.05) is 12.1 Å². The summed E-state index contributed by atoms with van der Waals surface area (Å²) in [5, 5.41) is 3.70. The minimum absolute atomic E-state index is 0.496. The normalized spacial score (nSPS) is 27.9. The summed E-state index contributed by atoms with van der Waals surface area (Å²) in [5.41, 5.74) is 1.41. The lowest BCUT2D eigenvalue weighted by Gasteiger charge is -2.34. The molecule has 1 N–H and O–H groups in total. The van der Waals surface area contributed by atoms with Gasteiger partial charge in [-0.3, -0.25) is 4.90 Å². The summed E-state index contributed by atoms with van der Waals surface area (Å²) in [6.45, 7) is 7.54. The Morgan fingerprint density at radius 2 is 2.05 bits per heavy atom. The van der Waals surface area contributed by atoms with E-state index in [-0.39, 0.29) is 0 Å². The maximum atomic E-state index is 5.54. The highest BCUT2D eigenvalue weighted by molar-refractivity contribution is 5.29. The van der Waals surface area contributed by atoms with Gasteiger partial charge in [0.15, 0.2) is 0 Å². The molecule has 0 aliphatic carbocycles. The lowest BCUT2D eigenvalue weighted by Crippen LogP contribution is -2.44. The van der Waals surface area contributed by atoms with E-state index in [0.29, 0.717) is 18.1 Å². The van der Waals surface area contributed by atoms with E-state index in [1.54, 1.807) is 0 Å². The van der Waals surface area contributed by atoms with E-state index in [0.717, 1.165) is 12.4 Å². The largest absolute Gasteiger partial charge is 0.494 e. The van der Waals surface area contributed by atoms with Crippen LogP contribution in [-0.4, -0.2) is 36.7 Å². The summed E-state index contributed by atoms with van der Waals surface area (Å²) in [7, 11) is 0. The predicted molar refractivity (Wildman–Crippen MR) is 86.8 cm³/mol. The van der Waals surface area contributed by atoms with Gasteiger partial charge < -0.3 is 10.1 Å². The third-order valence-electron chi connectivity index (χ3n) is 5.08. The van der Waals surface area contributed by atoms with Crippen LogP contribution in [0.25, 0.3) is 0 Å². The van der Waals surface area contributed by atoms with Crippen LogP contribution >= 0.6 is 0 Å². The maximum Gasteiger partial charge on any atom is 0.119 e. The first kappa shape index (κ1) is 14.9. The third-order valence-corrected chi connectivity index (χ3v) is 5.08. The summed E-state index contributed by atoms with van der Waals surface area (Å²) < 4.78 is 5.54. The van der Waals surface area contributed by atoms with Crippen molar-refractivity contribution in [2.75, 3.05) is 19.7 Å². The quantitative estimate of drug-likeness (QED) is 0.899. The number of nitrogens with zero attached hydrogens (tertiary/aromatic N) is 1. The first-order valence-corrected chi connectivity index (χ1v) is 8.51. The fourth-order valence-electron chi connectivity index (χ4n) is 3.97. The molecule has 0 spiro atoms. The summed E-state index contributed by atoms with van der Waals surface area (Å²) in [6, 6.07) is 10.6. The molecule has 2 saturated heterocycles. The molecule has 21 heavy (non-hydrogen) atoms. The second-order valence-electron chi connectivity index (χ2n) is 6.33. The van der Waals surface area contributed by atoms with Crippen LogP contribution in [0.5, 0.6) is 5.75 Å². The van der Waals surface area contributed by atoms with Crippen LogP contribution in [0.3, 0.4) is 0 Å². The molecule has 0 radical (unpaired) electrons. The summed E-state index contributed by atoms with van der Waals surface area (Å²) in [5.74, 6) is 0.976.